The van der Waals surface area contributed by atoms with E-state index in [2.05, 4.69) is 9.69 Å². The molecule has 4 N–H and O–H groups in total. The summed E-state index contributed by atoms with van der Waals surface area (Å²) in [6.07, 6.45) is 0. The predicted octanol–water partition coefficient (Wildman–Crippen LogP) is 1.07. The van der Waals surface area contributed by atoms with Crippen LogP contribution >= 0.6 is 11.5 Å². The largest absolute Gasteiger partial charge is 0.478 e. The fraction of sp³-hybridized carbons (Fsp3) is 0.500. The maximum absolute atomic E-state index is 11.8. The lowest BCUT2D eigenvalue weighted by molar-refractivity contribution is -0.123. The number of nitrogens with two attached hydrogens (primary N) is 1. The van der Waals surface area contributed by atoms with Gasteiger partial charge in [0.1, 0.15) is 10.6 Å². The van der Waals surface area contributed by atoms with Gasteiger partial charge in [0.05, 0.1) is 11.1 Å². The van der Waals surface area contributed by atoms with Crippen LogP contribution in [0.3, 0.4) is 0 Å². The molecule has 0 bridgehead atoms. The average molecular weight is 257 g/mol. The molecule has 1 rings (SSSR count). The molecule has 0 aromatic carbocycles. The summed E-state index contributed by atoms with van der Waals surface area (Å²) in [5.74, 6) is -1.41. The monoisotopic (exact) mass is 257 g/mol. The van der Waals surface area contributed by atoms with Gasteiger partial charge in [-0.3, -0.25) is 4.79 Å². The number of nitrogens with zero attached hydrogens (tertiary/aromatic N) is 1. The van der Waals surface area contributed by atoms with Crippen LogP contribution in [0.2, 0.25) is 0 Å². The van der Waals surface area contributed by atoms with Crippen molar-refractivity contribution >= 4 is 28.4 Å². The zero-order chi connectivity index (χ0) is 13.2. The Morgan fingerprint density at radius 3 is 2.59 bits per heavy atom. The zero-order valence-electron chi connectivity index (χ0n) is 9.90. The fourth-order valence-electron chi connectivity index (χ4n) is 1.07. The standard InChI is InChI=1S/C10H15N3O3S/c1-5-6(8(14)15)7(17-13-5)12-9(16)10(2,3)4-11/h4,11H2,1-3H3,(H,12,16)(H,14,15). The van der Waals surface area contributed by atoms with Gasteiger partial charge in [0.25, 0.3) is 0 Å². The number of carbonyl (C=O) groups is 2. The van der Waals surface area contributed by atoms with E-state index < -0.39 is 11.4 Å². The first-order valence-corrected chi connectivity index (χ1v) is 5.78. The molecule has 0 radical (unpaired) electrons. The number of carbonyl (C=O) groups excluding carboxylic acids is 1. The van der Waals surface area contributed by atoms with Crippen molar-refractivity contribution in [1.29, 1.82) is 0 Å². The highest BCUT2D eigenvalue weighted by molar-refractivity contribution is 7.11. The molecular weight excluding hydrogens is 242 g/mol. The zero-order valence-corrected chi connectivity index (χ0v) is 10.7. The van der Waals surface area contributed by atoms with Crippen LogP contribution in [0.5, 0.6) is 0 Å². The molecule has 1 amide bonds. The molecule has 0 saturated heterocycles. The molecule has 17 heavy (non-hydrogen) atoms. The maximum atomic E-state index is 11.8. The maximum Gasteiger partial charge on any atom is 0.340 e. The average Bonchev–Trinajstić information content (AvgIpc) is 2.59. The summed E-state index contributed by atoms with van der Waals surface area (Å²) in [5.41, 5.74) is 5.16. The molecule has 0 aliphatic heterocycles. The Kier molecular flexibility index (Phi) is 3.84. The Morgan fingerprint density at radius 2 is 2.12 bits per heavy atom. The molecule has 1 aromatic rings. The highest BCUT2D eigenvalue weighted by atomic mass is 32.1. The lowest BCUT2D eigenvalue weighted by atomic mass is 9.93. The number of carboxylic acids is 1. The number of hydrogen-bond donors (Lipinski definition) is 3. The van der Waals surface area contributed by atoms with Crippen LogP contribution in [-0.2, 0) is 4.79 Å². The van der Waals surface area contributed by atoms with Crippen molar-refractivity contribution in [3.05, 3.63) is 11.3 Å². The van der Waals surface area contributed by atoms with Gasteiger partial charge in [0.2, 0.25) is 5.91 Å². The molecule has 7 heteroatoms. The molecule has 0 fully saturated rings. The van der Waals surface area contributed by atoms with Crippen LogP contribution in [0.25, 0.3) is 0 Å². The van der Waals surface area contributed by atoms with E-state index >= 15 is 0 Å². The quantitative estimate of drug-likeness (QED) is 0.748. The van der Waals surface area contributed by atoms with Crippen molar-refractivity contribution in [3.8, 4) is 0 Å². The predicted molar refractivity (Wildman–Crippen MR) is 65.3 cm³/mol. The summed E-state index contributed by atoms with van der Waals surface area (Å²) in [4.78, 5) is 22.8. The Hall–Kier alpha value is -1.47. The third-order valence-corrected chi connectivity index (χ3v) is 3.28. The lowest BCUT2D eigenvalue weighted by Gasteiger charge is -2.20. The second-order valence-electron chi connectivity index (χ2n) is 4.32. The van der Waals surface area contributed by atoms with Gasteiger partial charge in [-0.25, -0.2) is 4.79 Å². The van der Waals surface area contributed by atoms with Crippen molar-refractivity contribution in [2.24, 2.45) is 11.1 Å². The SMILES string of the molecule is Cc1nsc(NC(=O)C(C)(C)CN)c1C(=O)O. The number of nitrogens with one attached hydrogen (secondary N) is 1. The molecule has 94 valence electrons. The summed E-state index contributed by atoms with van der Waals surface area (Å²) < 4.78 is 3.91. The van der Waals surface area contributed by atoms with Gasteiger partial charge < -0.3 is 16.2 Å². The molecule has 1 heterocycles. The van der Waals surface area contributed by atoms with Crippen molar-refractivity contribution in [3.63, 3.8) is 0 Å². The number of hydrogen-bond acceptors (Lipinski definition) is 5. The minimum atomic E-state index is -1.10. The summed E-state index contributed by atoms with van der Waals surface area (Å²) >= 11 is 0.956. The van der Waals surface area contributed by atoms with Crippen LogP contribution in [-0.4, -0.2) is 27.9 Å². The normalized spacial score (nSPS) is 11.3. The minimum Gasteiger partial charge on any atom is -0.478 e. The molecule has 6 nitrogen and oxygen atoms in total. The number of aryl methyl sites for hydroxylation is 1. The van der Waals surface area contributed by atoms with Gasteiger partial charge in [0, 0.05) is 6.54 Å². The van der Waals surface area contributed by atoms with Gasteiger partial charge in [-0.05, 0) is 32.3 Å². The molecule has 0 unspecified atom stereocenters. The van der Waals surface area contributed by atoms with Gasteiger partial charge in [-0.1, -0.05) is 0 Å². The number of anilines is 1. The van der Waals surface area contributed by atoms with Crippen LogP contribution in [0.1, 0.15) is 29.9 Å². The number of aromatic carboxylic acids is 1. The van der Waals surface area contributed by atoms with E-state index in [9.17, 15) is 9.59 Å². The Balaban J connectivity index is 2.97. The van der Waals surface area contributed by atoms with Crippen LogP contribution in [0.15, 0.2) is 0 Å². The fourth-order valence-corrected chi connectivity index (χ4v) is 1.86. The van der Waals surface area contributed by atoms with E-state index in [0.717, 1.165) is 11.5 Å². The first kappa shape index (κ1) is 13.6. The first-order valence-electron chi connectivity index (χ1n) is 5.00. The van der Waals surface area contributed by atoms with Crippen LogP contribution < -0.4 is 11.1 Å². The third kappa shape index (κ3) is 2.80. The Labute approximate surface area is 103 Å². The first-order chi connectivity index (χ1) is 7.79. The minimum absolute atomic E-state index is 0.0381. The van der Waals surface area contributed by atoms with Crippen LogP contribution in [0.4, 0.5) is 5.00 Å². The number of carboxylic acid groups (broad SMARTS) is 1. The molecule has 0 aliphatic carbocycles. The van der Waals surface area contributed by atoms with Gasteiger partial charge >= 0.3 is 5.97 Å². The number of rotatable bonds is 4. The Bertz CT molecular complexity index is 454. The molecule has 0 atom stereocenters. The highest BCUT2D eigenvalue weighted by Crippen LogP contribution is 2.26. The van der Waals surface area contributed by atoms with Gasteiger partial charge in [-0.15, -0.1) is 0 Å². The summed E-state index contributed by atoms with van der Waals surface area (Å²) in [5, 5.41) is 11.8. The topological polar surface area (TPSA) is 105 Å². The number of aromatic nitrogens is 1. The second kappa shape index (κ2) is 4.80. The molecule has 0 saturated carbocycles. The molecule has 0 spiro atoms. The second-order valence-corrected chi connectivity index (χ2v) is 5.09. The van der Waals surface area contributed by atoms with E-state index in [-0.39, 0.29) is 23.0 Å². The molecule has 1 aromatic heterocycles. The van der Waals surface area contributed by atoms with Gasteiger partial charge in [-0.2, -0.15) is 4.37 Å². The van der Waals surface area contributed by atoms with E-state index in [1.54, 1.807) is 20.8 Å². The van der Waals surface area contributed by atoms with Crippen molar-refractivity contribution in [2.75, 3.05) is 11.9 Å². The molecular formula is C10H15N3O3S. The van der Waals surface area contributed by atoms with Crippen molar-refractivity contribution < 1.29 is 14.7 Å². The van der Waals surface area contributed by atoms with E-state index in [4.69, 9.17) is 10.8 Å². The smallest absolute Gasteiger partial charge is 0.340 e. The lowest BCUT2D eigenvalue weighted by Crippen LogP contribution is -2.37. The summed E-state index contributed by atoms with van der Waals surface area (Å²) in [6, 6.07) is 0. The highest BCUT2D eigenvalue weighted by Gasteiger charge is 2.28. The third-order valence-electron chi connectivity index (χ3n) is 2.43. The Morgan fingerprint density at radius 1 is 1.53 bits per heavy atom. The van der Waals surface area contributed by atoms with Crippen molar-refractivity contribution in [1.82, 2.24) is 4.37 Å². The number of amides is 1. The van der Waals surface area contributed by atoms with Crippen LogP contribution in [0, 0.1) is 12.3 Å². The van der Waals surface area contributed by atoms with E-state index in [1.807, 2.05) is 0 Å². The molecule has 0 aliphatic rings. The summed E-state index contributed by atoms with van der Waals surface area (Å²) in [7, 11) is 0. The van der Waals surface area contributed by atoms with E-state index in [0.29, 0.717) is 5.69 Å². The van der Waals surface area contributed by atoms with Gasteiger partial charge in [0.15, 0.2) is 0 Å². The van der Waals surface area contributed by atoms with E-state index in [1.165, 1.54) is 0 Å². The summed E-state index contributed by atoms with van der Waals surface area (Å²) in [6.45, 7) is 5.15. The van der Waals surface area contributed by atoms with Crippen molar-refractivity contribution in [2.45, 2.75) is 20.8 Å².